The van der Waals surface area contributed by atoms with E-state index in [0.717, 1.165) is 29.9 Å². The zero-order valence-corrected chi connectivity index (χ0v) is 10.0. The summed E-state index contributed by atoms with van der Waals surface area (Å²) >= 11 is 0. The first-order chi connectivity index (χ1) is 8.36. The topological polar surface area (TPSA) is 30.5 Å². The van der Waals surface area contributed by atoms with Gasteiger partial charge in [0.25, 0.3) is 0 Å². The highest BCUT2D eigenvalue weighted by Crippen LogP contribution is 2.37. The van der Waals surface area contributed by atoms with E-state index >= 15 is 0 Å². The van der Waals surface area contributed by atoms with Gasteiger partial charge in [0, 0.05) is 18.0 Å². The minimum absolute atomic E-state index is 0.211. The summed E-state index contributed by atoms with van der Waals surface area (Å²) < 4.78 is 11.3. The predicted octanol–water partition coefficient (Wildman–Crippen LogP) is 2.13. The SMILES string of the molecule is C#CCCC(NC)c1cccc2c1OCCO2. The van der Waals surface area contributed by atoms with Crippen LogP contribution in [0.3, 0.4) is 0 Å². The first kappa shape index (κ1) is 11.8. The summed E-state index contributed by atoms with van der Waals surface area (Å²) in [7, 11) is 1.93. The van der Waals surface area contributed by atoms with Crippen LogP contribution in [0.1, 0.15) is 24.4 Å². The van der Waals surface area contributed by atoms with Crippen molar-refractivity contribution in [2.45, 2.75) is 18.9 Å². The number of hydrogen-bond acceptors (Lipinski definition) is 3. The molecule has 0 fully saturated rings. The summed E-state index contributed by atoms with van der Waals surface area (Å²) in [6, 6.07) is 6.20. The Morgan fingerprint density at radius 1 is 1.41 bits per heavy atom. The van der Waals surface area contributed by atoms with Crippen molar-refractivity contribution in [3.8, 4) is 23.8 Å². The first-order valence-electron chi connectivity index (χ1n) is 5.86. The van der Waals surface area contributed by atoms with Crippen LogP contribution in [0.4, 0.5) is 0 Å². The van der Waals surface area contributed by atoms with E-state index < -0.39 is 0 Å². The number of benzene rings is 1. The molecule has 0 spiro atoms. The largest absolute Gasteiger partial charge is 0.486 e. The maximum absolute atomic E-state index is 5.70. The zero-order valence-electron chi connectivity index (χ0n) is 10.0. The van der Waals surface area contributed by atoms with E-state index in [1.165, 1.54) is 0 Å². The summed E-state index contributed by atoms with van der Waals surface area (Å²) in [4.78, 5) is 0. The maximum Gasteiger partial charge on any atom is 0.166 e. The van der Waals surface area contributed by atoms with Gasteiger partial charge in [-0.2, -0.15) is 0 Å². The van der Waals surface area contributed by atoms with Crippen molar-refractivity contribution in [3.05, 3.63) is 23.8 Å². The molecule has 1 heterocycles. The molecule has 1 aliphatic heterocycles. The fourth-order valence-electron chi connectivity index (χ4n) is 2.05. The molecule has 1 unspecified atom stereocenters. The van der Waals surface area contributed by atoms with Gasteiger partial charge in [-0.25, -0.2) is 0 Å². The van der Waals surface area contributed by atoms with Crippen LogP contribution in [0.25, 0.3) is 0 Å². The Bertz CT molecular complexity index is 423. The molecule has 0 radical (unpaired) electrons. The molecule has 1 atom stereocenters. The van der Waals surface area contributed by atoms with Crippen LogP contribution in [0.2, 0.25) is 0 Å². The van der Waals surface area contributed by atoms with E-state index in [-0.39, 0.29) is 6.04 Å². The Balaban J connectivity index is 2.27. The van der Waals surface area contributed by atoms with Crippen LogP contribution in [0, 0.1) is 12.3 Å². The molecule has 2 rings (SSSR count). The number of ether oxygens (including phenoxy) is 2. The summed E-state index contributed by atoms with van der Waals surface area (Å²) in [6.07, 6.45) is 6.96. The summed E-state index contributed by atoms with van der Waals surface area (Å²) in [5.74, 6) is 4.36. The number of para-hydroxylation sites is 1. The number of rotatable bonds is 4. The van der Waals surface area contributed by atoms with E-state index in [1.807, 2.05) is 19.2 Å². The van der Waals surface area contributed by atoms with E-state index in [0.29, 0.717) is 13.2 Å². The van der Waals surface area contributed by atoms with Crippen molar-refractivity contribution < 1.29 is 9.47 Å². The molecular formula is C14H17NO2. The Labute approximate surface area is 102 Å². The second kappa shape index (κ2) is 5.60. The minimum Gasteiger partial charge on any atom is -0.486 e. The third-order valence-corrected chi connectivity index (χ3v) is 2.90. The molecule has 3 heteroatoms. The molecule has 0 aliphatic carbocycles. The van der Waals surface area contributed by atoms with Gasteiger partial charge in [-0.05, 0) is 19.5 Å². The van der Waals surface area contributed by atoms with E-state index in [4.69, 9.17) is 15.9 Å². The lowest BCUT2D eigenvalue weighted by molar-refractivity contribution is 0.168. The lowest BCUT2D eigenvalue weighted by atomic mass is 10.0. The van der Waals surface area contributed by atoms with Gasteiger partial charge in [0.2, 0.25) is 0 Å². The highest BCUT2D eigenvalue weighted by atomic mass is 16.6. The van der Waals surface area contributed by atoms with E-state index in [2.05, 4.69) is 17.3 Å². The van der Waals surface area contributed by atoms with Crippen molar-refractivity contribution in [1.82, 2.24) is 5.32 Å². The van der Waals surface area contributed by atoms with Crippen molar-refractivity contribution in [3.63, 3.8) is 0 Å². The zero-order chi connectivity index (χ0) is 12.1. The lowest BCUT2D eigenvalue weighted by Crippen LogP contribution is -2.21. The average Bonchev–Trinajstić information content (AvgIpc) is 2.40. The van der Waals surface area contributed by atoms with E-state index in [9.17, 15) is 0 Å². The molecule has 1 aliphatic rings. The molecular weight excluding hydrogens is 214 g/mol. The maximum atomic E-state index is 5.70. The summed E-state index contributed by atoms with van der Waals surface area (Å²) in [6.45, 7) is 1.22. The highest BCUT2D eigenvalue weighted by molar-refractivity contribution is 5.48. The van der Waals surface area contributed by atoms with Crippen LogP contribution in [0.5, 0.6) is 11.5 Å². The quantitative estimate of drug-likeness (QED) is 0.805. The molecule has 0 bridgehead atoms. The van der Waals surface area contributed by atoms with Gasteiger partial charge in [-0.1, -0.05) is 12.1 Å². The third kappa shape index (κ3) is 2.54. The molecule has 90 valence electrons. The first-order valence-corrected chi connectivity index (χ1v) is 5.86. The monoisotopic (exact) mass is 231 g/mol. The van der Waals surface area contributed by atoms with E-state index in [1.54, 1.807) is 0 Å². The molecule has 1 aromatic rings. The molecule has 1 aromatic carbocycles. The van der Waals surface area contributed by atoms with Crippen LogP contribution in [-0.4, -0.2) is 20.3 Å². The minimum atomic E-state index is 0.211. The Morgan fingerprint density at radius 3 is 3.00 bits per heavy atom. The van der Waals surface area contributed by atoms with Gasteiger partial charge in [-0.3, -0.25) is 0 Å². The molecule has 0 saturated heterocycles. The standard InChI is InChI=1S/C14H17NO2/c1-3-4-7-12(15-2)11-6-5-8-13-14(11)17-10-9-16-13/h1,5-6,8,12,15H,4,7,9-10H2,2H3. The van der Waals surface area contributed by atoms with Crippen LogP contribution >= 0.6 is 0 Å². The second-order valence-electron chi connectivity index (χ2n) is 3.96. The van der Waals surface area contributed by atoms with Crippen LogP contribution < -0.4 is 14.8 Å². The summed E-state index contributed by atoms with van der Waals surface area (Å²) in [5.41, 5.74) is 1.12. The van der Waals surface area contributed by atoms with Gasteiger partial charge < -0.3 is 14.8 Å². The van der Waals surface area contributed by atoms with Crippen molar-refractivity contribution in [2.75, 3.05) is 20.3 Å². The smallest absolute Gasteiger partial charge is 0.166 e. The van der Waals surface area contributed by atoms with Crippen molar-refractivity contribution in [2.24, 2.45) is 0 Å². The van der Waals surface area contributed by atoms with Crippen LogP contribution in [-0.2, 0) is 0 Å². The van der Waals surface area contributed by atoms with Gasteiger partial charge in [0.05, 0.1) is 0 Å². The number of nitrogens with one attached hydrogen (secondary N) is 1. The Kier molecular flexibility index (Phi) is 3.89. The predicted molar refractivity (Wildman–Crippen MR) is 67.3 cm³/mol. The molecule has 3 nitrogen and oxygen atoms in total. The molecule has 0 saturated carbocycles. The third-order valence-electron chi connectivity index (χ3n) is 2.90. The molecule has 1 N–H and O–H groups in total. The number of fused-ring (bicyclic) bond motifs is 1. The molecule has 0 amide bonds. The van der Waals surface area contributed by atoms with Crippen molar-refractivity contribution in [1.29, 1.82) is 0 Å². The highest BCUT2D eigenvalue weighted by Gasteiger charge is 2.20. The van der Waals surface area contributed by atoms with Crippen molar-refractivity contribution >= 4 is 0 Å². The van der Waals surface area contributed by atoms with Gasteiger partial charge in [0.1, 0.15) is 13.2 Å². The lowest BCUT2D eigenvalue weighted by Gasteiger charge is -2.24. The number of hydrogen-bond donors (Lipinski definition) is 1. The Morgan fingerprint density at radius 2 is 2.24 bits per heavy atom. The van der Waals surface area contributed by atoms with Gasteiger partial charge in [0.15, 0.2) is 11.5 Å². The average molecular weight is 231 g/mol. The summed E-state index contributed by atoms with van der Waals surface area (Å²) in [5, 5.41) is 3.27. The van der Waals surface area contributed by atoms with Crippen LogP contribution in [0.15, 0.2) is 18.2 Å². The van der Waals surface area contributed by atoms with Gasteiger partial charge >= 0.3 is 0 Å². The number of terminal acetylenes is 1. The fraction of sp³-hybridized carbons (Fsp3) is 0.429. The van der Waals surface area contributed by atoms with Gasteiger partial charge in [-0.15, -0.1) is 12.3 Å². The Hall–Kier alpha value is -1.66. The fourth-order valence-corrected chi connectivity index (χ4v) is 2.05. The normalized spacial score (nSPS) is 15.1. The second-order valence-corrected chi connectivity index (χ2v) is 3.96. The molecule has 0 aromatic heterocycles. The molecule has 17 heavy (non-hydrogen) atoms.